The summed E-state index contributed by atoms with van der Waals surface area (Å²) >= 11 is 0. The first-order chi connectivity index (χ1) is 7.85. The molecule has 1 heterocycles. The van der Waals surface area contributed by atoms with E-state index in [1.54, 1.807) is 6.07 Å². The predicted molar refractivity (Wildman–Crippen MR) is 50.1 cm³/mol. The molecule has 0 saturated heterocycles. The number of ether oxygens (including phenoxy) is 1. The maximum Gasteiger partial charge on any atom is 0.340 e. The van der Waals surface area contributed by atoms with Crippen LogP contribution in [0.2, 0.25) is 0 Å². The van der Waals surface area contributed by atoms with Crippen LogP contribution in [0.25, 0.3) is 0 Å². The van der Waals surface area contributed by atoms with E-state index < -0.39 is 19.0 Å². The van der Waals surface area contributed by atoms with Gasteiger partial charge in [-0.1, -0.05) is 0 Å². The highest BCUT2D eigenvalue weighted by atomic mass is 19.3. The lowest BCUT2D eigenvalue weighted by Crippen LogP contribution is -2.33. The minimum absolute atomic E-state index is 0.160. The normalized spacial score (nSPS) is 11.4. The zero-order valence-corrected chi connectivity index (χ0v) is 8.75. The number of hydrogen-bond acceptors (Lipinski definition) is 3. The Bertz CT molecular complexity index is 442. The summed E-state index contributed by atoms with van der Waals surface area (Å²) in [6.45, 7) is 0.0466. The molecule has 17 heavy (non-hydrogen) atoms. The third-order valence-corrected chi connectivity index (χ3v) is 1.79. The van der Waals surface area contributed by atoms with Gasteiger partial charge in [-0.15, -0.1) is 0 Å². The van der Waals surface area contributed by atoms with E-state index in [4.69, 9.17) is 5.26 Å². The minimum atomic E-state index is -4.24. The van der Waals surface area contributed by atoms with Crippen LogP contribution in [-0.2, 0) is 0 Å². The van der Waals surface area contributed by atoms with Gasteiger partial charge in [-0.05, 0) is 13.0 Å². The smallest absolute Gasteiger partial charge is 0.340 e. The average molecular weight is 248 g/mol. The quantitative estimate of drug-likeness (QED) is 0.769. The Hall–Kier alpha value is -1.84. The van der Waals surface area contributed by atoms with Crippen molar-refractivity contribution in [2.45, 2.75) is 19.3 Å². The molecule has 0 aliphatic heterocycles. The summed E-state index contributed by atoms with van der Waals surface area (Å²) in [6, 6.07) is 4.29. The molecule has 0 atom stereocenters. The number of alkyl halides is 4. The summed E-state index contributed by atoms with van der Waals surface area (Å²) in [4.78, 5) is 3.69. The van der Waals surface area contributed by atoms with Gasteiger partial charge in [-0.25, -0.2) is 13.8 Å². The minimum Gasteiger partial charge on any atom is -0.471 e. The molecule has 0 saturated carbocycles. The van der Waals surface area contributed by atoms with Crippen molar-refractivity contribution in [3.05, 3.63) is 23.4 Å². The molecule has 1 aromatic rings. The van der Waals surface area contributed by atoms with Crippen LogP contribution in [0.4, 0.5) is 17.6 Å². The van der Waals surface area contributed by atoms with E-state index in [1.807, 2.05) is 0 Å². The molecule has 0 spiro atoms. The highest BCUT2D eigenvalue weighted by molar-refractivity contribution is 5.34. The Kier molecular flexibility index (Phi) is 3.89. The molecule has 92 valence electrons. The summed E-state index contributed by atoms with van der Waals surface area (Å²) in [5, 5.41) is 8.60. The molecular weight excluding hydrogens is 240 g/mol. The second kappa shape index (κ2) is 4.99. The van der Waals surface area contributed by atoms with E-state index in [0.717, 1.165) is 6.07 Å². The van der Waals surface area contributed by atoms with Crippen molar-refractivity contribution in [1.29, 1.82) is 5.26 Å². The topological polar surface area (TPSA) is 45.9 Å². The van der Waals surface area contributed by atoms with Gasteiger partial charge in [0.15, 0.2) is 6.61 Å². The van der Waals surface area contributed by atoms with E-state index >= 15 is 0 Å². The molecule has 0 fully saturated rings. The lowest BCUT2D eigenvalue weighted by atomic mass is 10.2. The standard InChI is InChI=1S/C10H8F4N2O/c1-6-2-7(4-15)3-8(16-6)17-5-10(13,14)9(11)12/h2-3,9H,5H2,1H3. The van der Waals surface area contributed by atoms with Gasteiger partial charge >= 0.3 is 12.3 Å². The lowest BCUT2D eigenvalue weighted by molar-refractivity contribution is -0.148. The largest absolute Gasteiger partial charge is 0.471 e. The number of halogens is 4. The van der Waals surface area contributed by atoms with Crippen LogP contribution in [0.3, 0.4) is 0 Å². The molecule has 0 aliphatic carbocycles. The third-order valence-electron chi connectivity index (χ3n) is 1.79. The van der Waals surface area contributed by atoms with Gasteiger partial charge in [-0.2, -0.15) is 14.0 Å². The molecule has 7 heteroatoms. The first-order valence-electron chi connectivity index (χ1n) is 4.52. The van der Waals surface area contributed by atoms with Gasteiger partial charge in [0.2, 0.25) is 5.88 Å². The molecule has 0 bridgehead atoms. The zero-order valence-electron chi connectivity index (χ0n) is 8.75. The Labute approximate surface area is 94.6 Å². The summed E-state index contributed by atoms with van der Waals surface area (Å²) < 4.78 is 53.2. The zero-order chi connectivity index (χ0) is 13.1. The van der Waals surface area contributed by atoms with Crippen LogP contribution in [0.15, 0.2) is 12.1 Å². The number of pyridine rings is 1. The Balaban J connectivity index is 2.77. The third kappa shape index (κ3) is 3.59. The Morgan fingerprint density at radius 1 is 1.47 bits per heavy atom. The fourth-order valence-corrected chi connectivity index (χ4v) is 1.01. The summed E-state index contributed by atoms with van der Waals surface area (Å²) in [7, 11) is 0. The van der Waals surface area contributed by atoms with E-state index in [1.165, 1.54) is 13.0 Å². The van der Waals surface area contributed by atoms with Crippen molar-refractivity contribution >= 4 is 0 Å². The Morgan fingerprint density at radius 3 is 2.65 bits per heavy atom. The molecule has 1 rings (SSSR count). The molecule has 1 aromatic heterocycles. The van der Waals surface area contributed by atoms with Crippen LogP contribution in [0.5, 0.6) is 5.88 Å². The highest BCUT2D eigenvalue weighted by Gasteiger charge is 2.41. The maximum absolute atomic E-state index is 12.5. The molecule has 0 aliphatic rings. The first kappa shape index (κ1) is 13.2. The molecular formula is C10H8F4N2O. The molecule has 0 N–H and O–H groups in total. The summed E-state index contributed by atoms with van der Waals surface area (Å²) in [5.74, 6) is -4.51. The molecule has 0 aromatic carbocycles. The van der Waals surface area contributed by atoms with Crippen molar-refractivity contribution in [2.24, 2.45) is 0 Å². The van der Waals surface area contributed by atoms with Crippen LogP contribution in [-0.4, -0.2) is 23.9 Å². The number of rotatable bonds is 4. The number of nitriles is 1. The van der Waals surface area contributed by atoms with Crippen LogP contribution in [0.1, 0.15) is 11.3 Å². The van der Waals surface area contributed by atoms with Gasteiger partial charge < -0.3 is 4.74 Å². The van der Waals surface area contributed by atoms with E-state index in [2.05, 4.69) is 9.72 Å². The summed E-state index contributed by atoms with van der Waals surface area (Å²) in [5.41, 5.74) is 0.535. The van der Waals surface area contributed by atoms with Crippen molar-refractivity contribution in [3.8, 4) is 11.9 Å². The second-order valence-corrected chi connectivity index (χ2v) is 3.30. The average Bonchev–Trinajstić information content (AvgIpc) is 2.25. The fraction of sp³-hybridized carbons (Fsp3) is 0.400. The number of hydrogen-bond donors (Lipinski definition) is 0. The molecule has 3 nitrogen and oxygen atoms in total. The van der Waals surface area contributed by atoms with Crippen molar-refractivity contribution in [1.82, 2.24) is 4.98 Å². The van der Waals surface area contributed by atoms with E-state index in [9.17, 15) is 17.6 Å². The first-order valence-corrected chi connectivity index (χ1v) is 4.52. The molecule has 0 amide bonds. The van der Waals surface area contributed by atoms with Gasteiger partial charge in [0.1, 0.15) is 0 Å². The number of aromatic nitrogens is 1. The Morgan fingerprint density at radius 2 is 2.12 bits per heavy atom. The number of aryl methyl sites for hydroxylation is 1. The van der Waals surface area contributed by atoms with Gasteiger partial charge in [0.05, 0.1) is 11.6 Å². The van der Waals surface area contributed by atoms with Crippen molar-refractivity contribution in [3.63, 3.8) is 0 Å². The van der Waals surface area contributed by atoms with Crippen LogP contribution < -0.4 is 4.74 Å². The maximum atomic E-state index is 12.5. The van der Waals surface area contributed by atoms with Crippen LogP contribution >= 0.6 is 0 Å². The van der Waals surface area contributed by atoms with Gasteiger partial charge in [0, 0.05) is 11.8 Å². The lowest BCUT2D eigenvalue weighted by Gasteiger charge is -2.15. The van der Waals surface area contributed by atoms with E-state index in [-0.39, 0.29) is 11.4 Å². The highest BCUT2D eigenvalue weighted by Crippen LogP contribution is 2.24. The van der Waals surface area contributed by atoms with Crippen LogP contribution in [0, 0.1) is 18.3 Å². The second-order valence-electron chi connectivity index (χ2n) is 3.30. The predicted octanol–water partition coefficient (Wildman–Crippen LogP) is 2.54. The fourth-order valence-electron chi connectivity index (χ4n) is 1.01. The number of nitrogens with zero attached hydrogens (tertiary/aromatic N) is 2. The molecule has 0 unspecified atom stereocenters. The van der Waals surface area contributed by atoms with E-state index in [0.29, 0.717) is 5.69 Å². The molecule has 0 radical (unpaired) electrons. The van der Waals surface area contributed by atoms with Gasteiger partial charge in [-0.3, -0.25) is 0 Å². The van der Waals surface area contributed by atoms with Crippen molar-refractivity contribution < 1.29 is 22.3 Å². The monoisotopic (exact) mass is 248 g/mol. The SMILES string of the molecule is Cc1cc(C#N)cc(OCC(F)(F)C(F)F)n1. The van der Waals surface area contributed by atoms with Crippen molar-refractivity contribution in [2.75, 3.05) is 6.61 Å². The summed E-state index contributed by atoms with van der Waals surface area (Å²) in [6.07, 6.45) is -3.80. The van der Waals surface area contributed by atoms with Gasteiger partial charge in [0.25, 0.3) is 0 Å².